The molecule has 0 unspecified atom stereocenters. The largest absolute Gasteiger partial charge is 0.385 e. The van der Waals surface area contributed by atoms with Crippen LogP contribution in [0.2, 0.25) is 0 Å². The molecule has 86 valence electrons. The van der Waals surface area contributed by atoms with Gasteiger partial charge >= 0.3 is 0 Å². The summed E-state index contributed by atoms with van der Waals surface area (Å²) in [5.74, 6) is 0. The summed E-state index contributed by atoms with van der Waals surface area (Å²) in [6, 6.07) is 0. The van der Waals surface area contributed by atoms with E-state index in [0.29, 0.717) is 0 Å². The molecule has 0 bridgehead atoms. The van der Waals surface area contributed by atoms with E-state index < -0.39 is 0 Å². The molecule has 0 aliphatic rings. The fourth-order valence-electron chi connectivity index (χ4n) is 1.24. The maximum atomic E-state index is 5.24. The molecule has 0 heterocycles. The molecule has 0 aromatic heterocycles. The molecular weight excluding hydrogens is 178 g/mol. The molecule has 0 saturated heterocycles. The number of hydrogen-bond donors (Lipinski definition) is 1. The number of hydrogen-bond acceptors (Lipinski definition) is 3. The summed E-state index contributed by atoms with van der Waals surface area (Å²) in [6.07, 6.45) is 4.80. The van der Waals surface area contributed by atoms with Gasteiger partial charge in [-0.05, 0) is 45.7 Å². The summed E-state index contributed by atoms with van der Waals surface area (Å²) < 4.78 is 10.2. The number of nitrogens with one attached hydrogen (secondary N) is 1. The Hall–Kier alpha value is -0.120. The normalized spacial score (nSPS) is 10.7. The first-order valence-corrected chi connectivity index (χ1v) is 5.69. The third-order valence-corrected chi connectivity index (χ3v) is 2.05. The van der Waals surface area contributed by atoms with E-state index in [4.69, 9.17) is 9.47 Å². The fourth-order valence-corrected chi connectivity index (χ4v) is 1.24. The van der Waals surface area contributed by atoms with Crippen molar-refractivity contribution in [2.75, 3.05) is 40.0 Å². The van der Waals surface area contributed by atoms with E-state index in [-0.39, 0.29) is 0 Å². The zero-order valence-corrected chi connectivity index (χ0v) is 9.68. The first-order chi connectivity index (χ1) is 6.91. The van der Waals surface area contributed by atoms with Gasteiger partial charge in [0.2, 0.25) is 0 Å². The van der Waals surface area contributed by atoms with Crippen LogP contribution in [0, 0.1) is 0 Å². The smallest absolute Gasteiger partial charge is 0.0477 e. The van der Waals surface area contributed by atoms with Gasteiger partial charge < -0.3 is 14.8 Å². The van der Waals surface area contributed by atoms with Crippen LogP contribution >= 0.6 is 0 Å². The first-order valence-electron chi connectivity index (χ1n) is 5.69. The van der Waals surface area contributed by atoms with Crippen molar-refractivity contribution in [1.82, 2.24) is 5.32 Å². The molecule has 0 aliphatic carbocycles. The summed E-state index contributed by atoms with van der Waals surface area (Å²) in [5.41, 5.74) is 0. The van der Waals surface area contributed by atoms with Crippen LogP contribution in [0.25, 0.3) is 0 Å². The molecule has 0 aliphatic heterocycles. The number of rotatable bonds is 11. The first kappa shape index (κ1) is 13.9. The molecule has 1 N–H and O–H groups in total. The lowest BCUT2D eigenvalue weighted by molar-refractivity contribution is 0.145. The molecule has 0 rings (SSSR count). The van der Waals surface area contributed by atoms with Crippen LogP contribution < -0.4 is 5.32 Å². The van der Waals surface area contributed by atoms with Crippen molar-refractivity contribution in [1.29, 1.82) is 0 Å². The van der Waals surface area contributed by atoms with E-state index in [9.17, 15) is 0 Å². The van der Waals surface area contributed by atoms with Crippen LogP contribution in [0.15, 0.2) is 0 Å². The lowest BCUT2D eigenvalue weighted by Crippen LogP contribution is -2.18. The number of unbranched alkanes of at least 4 members (excludes halogenated alkanes) is 2. The third-order valence-electron chi connectivity index (χ3n) is 2.05. The molecule has 14 heavy (non-hydrogen) atoms. The van der Waals surface area contributed by atoms with Crippen LogP contribution in [-0.4, -0.2) is 40.0 Å². The molecular formula is C11H25NO2. The van der Waals surface area contributed by atoms with Gasteiger partial charge in [-0.1, -0.05) is 0 Å². The highest BCUT2D eigenvalue weighted by atomic mass is 16.5. The van der Waals surface area contributed by atoms with Crippen molar-refractivity contribution >= 4 is 0 Å². The van der Waals surface area contributed by atoms with E-state index in [1.165, 1.54) is 19.3 Å². The summed E-state index contributed by atoms with van der Waals surface area (Å²) in [7, 11) is 1.76. The maximum absolute atomic E-state index is 5.24. The Morgan fingerprint density at radius 1 is 0.929 bits per heavy atom. The zero-order valence-electron chi connectivity index (χ0n) is 9.68. The lowest BCUT2D eigenvalue weighted by atomic mass is 10.2. The Bertz CT molecular complexity index is 87.3. The topological polar surface area (TPSA) is 30.5 Å². The highest BCUT2D eigenvalue weighted by molar-refractivity contribution is 4.48. The van der Waals surface area contributed by atoms with Crippen molar-refractivity contribution < 1.29 is 9.47 Å². The molecule has 0 fully saturated rings. The van der Waals surface area contributed by atoms with Crippen molar-refractivity contribution in [2.24, 2.45) is 0 Å². The quantitative estimate of drug-likeness (QED) is 0.520. The number of ether oxygens (including phenoxy) is 2. The van der Waals surface area contributed by atoms with Crippen LogP contribution in [0.5, 0.6) is 0 Å². The Balaban J connectivity index is 2.78. The van der Waals surface area contributed by atoms with Gasteiger partial charge in [-0.25, -0.2) is 0 Å². The summed E-state index contributed by atoms with van der Waals surface area (Å²) in [6.45, 7) is 6.83. The predicted octanol–water partition coefficient (Wildman–Crippen LogP) is 1.82. The average Bonchev–Trinajstić information content (AvgIpc) is 2.21. The highest BCUT2D eigenvalue weighted by Crippen LogP contribution is 1.93. The summed E-state index contributed by atoms with van der Waals surface area (Å²) in [5, 5.41) is 3.40. The van der Waals surface area contributed by atoms with E-state index in [1.807, 2.05) is 6.92 Å². The van der Waals surface area contributed by atoms with Gasteiger partial charge in [-0.2, -0.15) is 0 Å². The highest BCUT2D eigenvalue weighted by Gasteiger charge is 1.90. The molecule has 0 radical (unpaired) electrons. The van der Waals surface area contributed by atoms with Crippen LogP contribution in [-0.2, 0) is 9.47 Å². The fraction of sp³-hybridized carbons (Fsp3) is 1.00. The second-order valence-corrected chi connectivity index (χ2v) is 3.35. The van der Waals surface area contributed by atoms with Crippen LogP contribution in [0.3, 0.4) is 0 Å². The van der Waals surface area contributed by atoms with Gasteiger partial charge in [0, 0.05) is 26.9 Å². The Labute approximate surface area is 88.2 Å². The Morgan fingerprint density at radius 3 is 2.43 bits per heavy atom. The second kappa shape index (κ2) is 12.9. The molecule has 0 saturated carbocycles. The molecule has 0 aromatic rings. The van der Waals surface area contributed by atoms with Gasteiger partial charge in [0.15, 0.2) is 0 Å². The Kier molecular flexibility index (Phi) is 12.8. The van der Waals surface area contributed by atoms with Gasteiger partial charge in [-0.15, -0.1) is 0 Å². The minimum absolute atomic E-state index is 0.830. The lowest BCUT2D eigenvalue weighted by Gasteiger charge is -2.04. The maximum Gasteiger partial charge on any atom is 0.0477 e. The second-order valence-electron chi connectivity index (χ2n) is 3.35. The van der Waals surface area contributed by atoms with Gasteiger partial charge in [-0.3, -0.25) is 0 Å². The standard InChI is InChI=1S/C11H25NO2/c1-3-14-11-7-9-12-8-5-4-6-10-13-2/h12H,3-11H2,1-2H3. The molecule has 3 heteroatoms. The SMILES string of the molecule is CCOCCCNCCCCCOC. The van der Waals surface area contributed by atoms with Crippen LogP contribution in [0.1, 0.15) is 32.6 Å². The number of methoxy groups -OCH3 is 1. The van der Waals surface area contributed by atoms with E-state index in [0.717, 1.165) is 39.3 Å². The molecule has 0 spiro atoms. The van der Waals surface area contributed by atoms with E-state index >= 15 is 0 Å². The van der Waals surface area contributed by atoms with Crippen molar-refractivity contribution in [3.05, 3.63) is 0 Å². The van der Waals surface area contributed by atoms with Crippen LogP contribution in [0.4, 0.5) is 0 Å². The average molecular weight is 203 g/mol. The Morgan fingerprint density at radius 2 is 1.71 bits per heavy atom. The third kappa shape index (κ3) is 11.9. The minimum Gasteiger partial charge on any atom is -0.385 e. The van der Waals surface area contributed by atoms with Gasteiger partial charge in [0.25, 0.3) is 0 Å². The predicted molar refractivity (Wildman–Crippen MR) is 59.7 cm³/mol. The minimum atomic E-state index is 0.830. The monoisotopic (exact) mass is 203 g/mol. The van der Waals surface area contributed by atoms with Gasteiger partial charge in [0.1, 0.15) is 0 Å². The molecule has 0 aromatic carbocycles. The molecule has 0 amide bonds. The summed E-state index contributed by atoms with van der Waals surface area (Å²) in [4.78, 5) is 0. The van der Waals surface area contributed by atoms with Crippen molar-refractivity contribution in [2.45, 2.75) is 32.6 Å². The zero-order chi connectivity index (χ0) is 10.5. The van der Waals surface area contributed by atoms with E-state index in [1.54, 1.807) is 7.11 Å². The van der Waals surface area contributed by atoms with Gasteiger partial charge in [0.05, 0.1) is 0 Å². The summed E-state index contributed by atoms with van der Waals surface area (Å²) >= 11 is 0. The van der Waals surface area contributed by atoms with E-state index in [2.05, 4.69) is 5.32 Å². The van der Waals surface area contributed by atoms with Crippen molar-refractivity contribution in [3.8, 4) is 0 Å². The molecule has 3 nitrogen and oxygen atoms in total. The van der Waals surface area contributed by atoms with Crippen molar-refractivity contribution in [3.63, 3.8) is 0 Å². The molecule has 0 atom stereocenters.